The van der Waals surface area contributed by atoms with Crippen molar-refractivity contribution < 1.29 is 13.5 Å². The van der Waals surface area contributed by atoms with E-state index in [4.69, 9.17) is 4.74 Å². The fourth-order valence-electron chi connectivity index (χ4n) is 2.23. The molecule has 1 unspecified atom stereocenters. The van der Waals surface area contributed by atoms with Gasteiger partial charge in [0.25, 0.3) is 5.92 Å². The van der Waals surface area contributed by atoms with Gasteiger partial charge in [0.1, 0.15) is 11.9 Å². The summed E-state index contributed by atoms with van der Waals surface area (Å²) in [5.41, 5.74) is 1.06. The predicted molar refractivity (Wildman–Crippen MR) is 84.4 cm³/mol. The molecule has 0 radical (unpaired) electrons. The number of alkyl halides is 2. The molecule has 0 fully saturated rings. The Morgan fingerprint density at radius 3 is 2.23 bits per heavy atom. The number of nitrogens with one attached hydrogen (secondary N) is 1. The summed E-state index contributed by atoms with van der Waals surface area (Å²) in [5.74, 6) is -2.23. The molecular formula is C18H21F2NO. The van der Waals surface area contributed by atoms with Crippen molar-refractivity contribution in [2.75, 3.05) is 13.6 Å². The van der Waals surface area contributed by atoms with Crippen LogP contribution in [0, 0.1) is 0 Å². The van der Waals surface area contributed by atoms with Crippen LogP contribution in [-0.2, 0) is 5.92 Å². The number of ether oxygens (including phenoxy) is 1. The summed E-state index contributed by atoms with van der Waals surface area (Å²) in [4.78, 5) is 0. The molecule has 0 amide bonds. The molecule has 0 spiro atoms. The molecule has 0 aliphatic rings. The van der Waals surface area contributed by atoms with Crippen LogP contribution in [0.15, 0.2) is 54.6 Å². The molecular weight excluding hydrogens is 284 g/mol. The molecule has 2 aromatic carbocycles. The highest BCUT2D eigenvalue weighted by Crippen LogP contribution is 2.30. The molecule has 0 saturated carbocycles. The maximum absolute atomic E-state index is 13.2. The Labute approximate surface area is 130 Å². The Bertz CT molecular complexity index is 564. The van der Waals surface area contributed by atoms with Gasteiger partial charge in [-0.15, -0.1) is 0 Å². The van der Waals surface area contributed by atoms with E-state index in [-0.39, 0.29) is 11.7 Å². The second-order valence-electron chi connectivity index (χ2n) is 5.32. The number of hydrogen-bond donors (Lipinski definition) is 1. The van der Waals surface area contributed by atoms with Gasteiger partial charge in [0.15, 0.2) is 0 Å². The number of halogens is 2. The molecule has 1 atom stereocenters. The van der Waals surface area contributed by atoms with Crippen molar-refractivity contribution in [3.05, 3.63) is 65.7 Å². The monoisotopic (exact) mass is 305 g/mol. The van der Waals surface area contributed by atoms with Crippen molar-refractivity contribution in [1.29, 1.82) is 0 Å². The lowest BCUT2D eigenvalue weighted by Gasteiger charge is -2.20. The second-order valence-corrected chi connectivity index (χ2v) is 5.32. The molecule has 118 valence electrons. The minimum atomic E-state index is -2.83. The van der Waals surface area contributed by atoms with Crippen LogP contribution in [0.25, 0.3) is 0 Å². The van der Waals surface area contributed by atoms with Gasteiger partial charge < -0.3 is 10.1 Å². The lowest BCUT2D eigenvalue weighted by Crippen LogP contribution is -2.16. The van der Waals surface area contributed by atoms with Crippen molar-refractivity contribution in [2.24, 2.45) is 0 Å². The minimum Gasteiger partial charge on any atom is -0.486 e. The van der Waals surface area contributed by atoms with Crippen LogP contribution < -0.4 is 10.1 Å². The lowest BCUT2D eigenvalue weighted by molar-refractivity contribution is 0.0174. The lowest BCUT2D eigenvalue weighted by atomic mass is 10.1. The standard InChI is InChI=1S/C18H21F2NO/c1-18(19,20)15-8-10-16(11-9-15)22-17(12-13-21-2)14-6-4-3-5-7-14/h3-11,17,21H,12-13H2,1-2H3. The highest BCUT2D eigenvalue weighted by molar-refractivity contribution is 5.30. The van der Waals surface area contributed by atoms with Gasteiger partial charge in [-0.1, -0.05) is 30.3 Å². The molecule has 0 bridgehead atoms. The van der Waals surface area contributed by atoms with E-state index in [1.165, 1.54) is 12.1 Å². The van der Waals surface area contributed by atoms with Gasteiger partial charge in [-0.3, -0.25) is 0 Å². The molecule has 22 heavy (non-hydrogen) atoms. The summed E-state index contributed by atoms with van der Waals surface area (Å²) in [6.45, 7) is 1.70. The van der Waals surface area contributed by atoms with Crippen molar-refractivity contribution in [3.63, 3.8) is 0 Å². The fraction of sp³-hybridized carbons (Fsp3) is 0.333. The summed E-state index contributed by atoms with van der Waals surface area (Å²) in [7, 11) is 1.89. The summed E-state index contributed by atoms with van der Waals surface area (Å²) in [6, 6.07) is 15.9. The van der Waals surface area contributed by atoms with Crippen molar-refractivity contribution in [2.45, 2.75) is 25.4 Å². The largest absolute Gasteiger partial charge is 0.486 e. The van der Waals surface area contributed by atoms with Crippen LogP contribution in [0.2, 0.25) is 0 Å². The average molecular weight is 305 g/mol. The van der Waals surface area contributed by atoms with E-state index in [1.807, 2.05) is 37.4 Å². The van der Waals surface area contributed by atoms with Crippen LogP contribution in [0.4, 0.5) is 8.78 Å². The SMILES string of the molecule is CNCCC(Oc1ccc(C(C)(F)F)cc1)c1ccccc1. The Hall–Kier alpha value is -1.94. The first-order valence-electron chi connectivity index (χ1n) is 7.35. The van der Waals surface area contributed by atoms with Crippen LogP contribution in [0.3, 0.4) is 0 Å². The van der Waals surface area contributed by atoms with Gasteiger partial charge in [0, 0.05) is 18.9 Å². The zero-order valence-corrected chi connectivity index (χ0v) is 12.9. The zero-order valence-electron chi connectivity index (χ0n) is 12.9. The number of benzene rings is 2. The summed E-state index contributed by atoms with van der Waals surface area (Å²) in [5, 5.41) is 3.10. The molecule has 0 aliphatic carbocycles. The van der Waals surface area contributed by atoms with Crippen LogP contribution >= 0.6 is 0 Å². The normalized spacial score (nSPS) is 12.9. The molecule has 2 aromatic rings. The van der Waals surface area contributed by atoms with Gasteiger partial charge in [0.05, 0.1) is 0 Å². The minimum absolute atomic E-state index is 0.00802. The van der Waals surface area contributed by atoms with E-state index in [1.54, 1.807) is 12.1 Å². The predicted octanol–water partition coefficient (Wildman–Crippen LogP) is 4.53. The van der Waals surface area contributed by atoms with Gasteiger partial charge in [-0.25, -0.2) is 8.78 Å². The molecule has 1 N–H and O–H groups in total. The smallest absolute Gasteiger partial charge is 0.270 e. The van der Waals surface area contributed by atoms with E-state index in [9.17, 15) is 8.78 Å². The summed E-state index contributed by atoms with van der Waals surface area (Å²) < 4.78 is 32.4. The Balaban J connectivity index is 2.13. The van der Waals surface area contributed by atoms with Gasteiger partial charge >= 0.3 is 0 Å². The first kappa shape index (κ1) is 16.4. The van der Waals surface area contributed by atoms with E-state index >= 15 is 0 Å². The molecule has 0 aliphatic heterocycles. The van der Waals surface area contributed by atoms with E-state index in [0.717, 1.165) is 25.5 Å². The average Bonchev–Trinajstić information content (AvgIpc) is 2.52. The summed E-state index contributed by atoms with van der Waals surface area (Å²) in [6.07, 6.45) is 0.688. The maximum atomic E-state index is 13.2. The fourth-order valence-corrected chi connectivity index (χ4v) is 2.23. The van der Waals surface area contributed by atoms with E-state index in [2.05, 4.69) is 5.32 Å². The van der Waals surface area contributed by atoms with Crippen LogP contribution in [-0.4, -0.2) is 13.6 Å². The molecule has 0 heterocycles. The van der Waals surface area contributed by atoms with Crippen LogP contribution in [0.1, 0.15) is 30.6 Å². The Kier molecular flexibility index (Phi) is 5.50. The molecule has 4 heteroatoms. The Morgan fingerprint density at radius 2 is 1.68 bits per heavy atom. The van der Waals surface area contributed by atoms with E-state index in [0.29, 0.717) is 5.75 Å². The second kappa shape index (κ2) is 7.36. The highest BCUT2D eigenvalue weighted by Gasteiger charge is 2.24. The van der Waals surface area contributed by atoms with Gasteiger partial charge in [0.2, 0.25) is 0 Å². The highest BCUT2D eigenvalue weighted by atomic mass is 19.3. The summed E-state index contributed by atoms with van der Waals surface area (Å²) >= 11 is 0. The molecule has 0 saturated heterocycles. The number of rotatable bonds is 7. The van der Waals surface area contributed by atoms with Crippen LogP contribution in [0.5, 0.6) is 5.75 Å². The molecule has 2 nitrogen and oxygen atoms in total. The van der Waals surface area contributed by atoms with Crippen molar-refractivity contribution in [1.82, 2.24) is 5.32 Å². The topological polar surface area (TPSA) is 21.3 Å². The first-order chi connectivity index (χ1) is 10.5. The third-order valence-electron chi connectivity index (χ3n) is 3.47. The zero-order chi connectivity index (χ0) is 16.0. The third-order valence-corrected chi connectivity index (χ3v) is 3.47. The third kappa shape index (κ3) is 4.53. The number of hydrogen-bond acceptors (Lipinski definition) is 2. The molecule has 2 rings (SSSR count). The van der Waals surface area contributed by atoms with Crippen molar-refractivity contribution in [3.8, 4) is 5.75 Å². The first-order valence-corrected chi connectivity index (χ1v) is 7.35. The van der Waals surface area contributed by atoms with Gasteiger partial charge in [-0.05, 0) is 43.4 Å². The maximum Gasteiger partial charge on any atom is 0.270 e. The van der Waals surface area contributed by atoms with Gasteiger partial charge in [-0.2, -0.15) is 0 Å². The van der Waals surface area contributed by atoms with E-state index < -0.39 is 5.92 Å². The van der Waals surface area contributed by atoms with Crippen molar-refractivity contribution >= 4 is 0 Å². The quantitative estimate of drug-likeness (QED) is 0.811. The Morgan fingerprint density at radius 1 is 1.05 bits per heavy atom. The molecule has 0 aromatic heterocycles.